The summed E-state index contributed by atoms with van der Waals surface area (Å²) in [5, 5.41) is 13.8. The second kappa shape index (κ2) is 8.09. The fraction of sp³-hybridized carbons (Fsp3) is 0.684. The standard InChI is InChI=1S/C19H30N2O/c22-19-9-5-4-8-17(19)14-20-18-11-13-21(15-18)12-10-16-6-2-1-3-7-16/h1-3,6-7,17-20,22H,4-5,8-15H2. The highest BCUT2D eigenvalue weighted by Gasteiger charge is 2.26. The van der Waals surface area contributed by atoms with Crippen molar-refractivity contribution in [3.05, 3.63) is 35.9 Å². The van der Waals surface area contributed by atoms with Crippen LogP contribution in [0, 0.1) is 5.92 Å². The van der Waals surface area contributed by atoms with E-state index in [1.54, 1.807) is 0 Å². The van der Waals surface area contributed by atoms with E-state index in [0.717, 1.165) is 32.5 Å². The summed E-state index contributed by atoms with van der Waals surface area (Å²) in [6, 6.07) is 11.4. The molecule has 0 aromatic heterocycles. The van der Waals surface area contributed by atoms with Gasteiger partial charge in [-0.25, -0.2) is 0 Å². The zero-order chi connectivity index (χ0) is 15.2. The topological polar surface area (TPSA) is 35.5 Å². The van der Waals surface area contributed by atoms with Gasteiger partial charge in [-0.15, -0.1) is 0 Å². The molecule has 0 amide bonds. The number of benzene rings is 1. The van der Waals surface area contributed by atoms with E-state index >= 15 is 0 Å². The Morgan fingerprint density at radius 3 is 2.73 bits per heavy atom. The number of rotatable bonds is 6. The Hall–Kier alpha value is -0.900. The monoisotopic (exact) mass is 302 g/mol. The van der Waals surface area contributed by atoms with Crippen molar-refractivity contribution in [3.8, 4) is 0 Å². The summed E-state index contributed by atoms with van der Waals surface area (Å²) in [5.74, 6) is 0.479. The fourth-order valence-electron chi connectivity index (χ4n) is 3.88. The van der Waals surface area contributed by atoms with E-state index in [0.29, 0.717) is 12.0 Å². The maximum absolute atomic E-state index is 10.1. The zero-order valence-corrected chi connectivity index (χ0v) is 13.6. The largest absolute Gasteiger partial charge is 0.393 e. The molecule has 3 heteroatoms. The van der Waals surface area contributed by atoms with Gasteiger partial charge < -0.3 is 15.3 Å². The minimum Gasteiger partial charge on any atom is -0.393 e. The first-order valence-electron chi connectivity index (χ1n) is 8.99. The first kappa shape index (κ1) is 16.0. The van der Waals surface area contributed by atoms with Crippen molar-refractivity contribution >= 4 is 0 Å². The average molecular weight is 302 g/mol. The Bertz CT molecular complexity index is 436. The van der Waals surface area contributed by atoms with Gasteiger partial charge in [-0.1, -0.05) is 43.2 Å². The molecule has 1 saturated carbocycles. The van der Waals surface area contributed by atoms with Gasteiger partial charge in [0.2, 0.25) is 0 Å². The van der Waals surface area contributed by atoms with Crippen LogP contribution >= 0.6 is 0 Å². The summed E-state index contributed by atoms with van der Waals surface area (Å²) in [6.07, 6.45) is 7.01. The minimum atomic E-state index is -0.0724. The van der Waals surface area contributed by atoms with Gasteiger partial charge in [0.05, 0.1) is 6.10 Å². The molecule has 2 N–H and O–H groups in total. The van der Waals surface area contributed by atoms with Crippen LogP contribution < -0.4 is 5.32 Å². The van der Waals surface area contributed by atoms with Gasteiger partial charge in [0.15, 0.2) is 0 Å². The number of nitrogens with one attached hydrogen (secondary N) is 1. The SMILES string of the molecule is OC1CCCCC1CNC1CCN(CCc2ccccc2)C1. The molecule has 122 valence electrons. The summed E-state index contributed by atoms with van der Waals surface area (Å²) >= 11 is 0. The van der Waals surface area contributed by atoms with Crippen molar-refractivity contribution in [3.63, 3.8) is 0 Å². The van der Waals surface area contributed by atoms with Gasteiger partial charge in [-0.3, -0.25) is 0 Å². The highest BCUT2D eigenvalue weighted by atomic mass is 16.3. The van der Waals surface area contributed by atoms with E-state index < -0.39 is 0 Å². The molecular formula is C19H30N2O. The van der Waals surface area contributed by atoms with Crippen LogP contribution in [0.4, 0.5) is 0 Å². The van der Waals surface area contributed by atoms with E-state index in [1.807, 2.05) is 0 Å². The third-order valence-corrected chi connectivity index (χ3v) is 5.37. The molecule has 2 aliphatic rings. The molecule has 0 bridgehead atoms. The molecule has 1 aliphatic heterocycles. The molecule has 3 rings (SSSR count). The van der Waals surface area contributed by atoms with E-state index in [9.17, 15) is 5.11 Å². The second-order valence-corrected chi connectivity index (χ2v) is 7.04. The van der Waals surface area contributed by atoms with Crippen LogP contribution in [0.5, 0.6) is 0 Å². The lowest BCUT2D eigenvalue weighted by Crippen LogP contribution is -2.40. The molecule has 1 heterocycles. The van der Waals surface area contributed by atoms with Crippen molar-refractivity contribution < 1.29 is 5.11 Å². The number of aliphatic hydroxyl groups is 1. The first-order valence-corrected chi connectivity index (χ1v) is 8.99. The summed E-state index contributed by atoms with van der Waals surface area (Å²) < 4.78 is 0. The Balaban J connectivity index is 1.35. The predicted octanol–water partition coefficient (Wildman–Crippen LogP) is 2.44. The smallest absolute Gasteiger partial charge is 0.0580 e. The van der Waals surface area contributed by atoms with Crippen LogP contribution in [0.3, 0.4) is 0 Å². The number of likely N-dealkylation sites (tertiary alicyclic amines) is 1. The maximum atomic E-state index is 10.1. The molecule has 3 unspecified atom stereocenters. The molecule has 1 aliphatic carbocycles. The Labute approximate surface area is 134 Å². The molecule has 3 nitrogen and oxygen atoms in total. The Kier molecular flexibility index (Phi) is 5.88. The van der Waals surface area contributed by atoms with Crippen LogP contribution in [0.2, 0.25) is 0 Å². The summed E-state index contributed by atoms with van der Waals surface area (Å²) in [5.41, 5.74) is 1.43. The van der Waals surface area contributed by atoms with Crippen molar-refractivity contribution in [2.24, 2.45) is 5.92 Å². The van der Waals surface area contributed by atoms with Gasteiger partial charge in [0.25, 0.3) is 0 Å². The normalized spacial score (nSPS) is 29.8. The van der Waals surface area contributed by atoms with Crippen molar-refractivity contribution in [2.75, 3.05) is 26.2 Å². The van der Waals surface area contributed by atoms with Crippen molar-refractivity contribution in [1.29, 1.82) is 0 Å². The number of hydrogen-bond donors (Lipinski definition) is 2. The molecule has 3 atom stereocenters. The third kappa shape index (κ3) is 4.55. The highest BCUT2D eigenvalue weighted by molar-refractivity contribution is 5.14. The van der Waals surface area contributed by atoms with Crippen LogP contribution in [0.15, 0.2) is 30.3 Å². The van der Waals surface area contributed by atoms with Crippen LogP contribution in [0.25, 0.3) is 0 Å². The highest BCUT2D eigenvalue weighted by Crippen LogP contribution is 2.24. The van der Waals surface area contributed by atoms with Gasteiger partial charge in [0, 0.05) is 25.7 Å². The fourth-order valence-corrected chi connectivity index (χ4v) is 3.88. The van der Waals surface area contributed by atoms with Gasteiger partial charge >= 0.3 is 0 Å². The van der Waals surface area contributed by atoms with Crippen LogP contribution in [-0.4, -0.2) is 48.3 Å². The number of nitrogens with zero attached hydrogens (tertiary/aromatic N) is 1. The van der Waals surface area contributed by atoms with Crippen molar-refractivity contribution in [1.82, 2.24) is 10.2 Å². The van der Waals surface area contributed by atoms with E-state index in [4.69, 9.17) is 0 Å². The lowest BCUT2D eigenvalue weighted by atomic mass is 9.86. The van der Waals surface area contributed by atoms with Crippen LogP contribution in [-0.2, 0) is 6.42 Å². The maximum Gasteiger partial charge on any atom is 0.0580 e. The average Bonchev–Trinajstić information content (AvgIpc) is 3.01. The minimum absolute atomic E-state index is 0.0724. The molecule has 1 saturated heterocycles. The number of hydrogen-bond acceptors (Lipinski definition) is 3. The summed E-state index contributed by atoms with van der Waals surface area (Å²) in [6.45, 7) is 4.53. The molecular weight excluding hydrogens is 272 g/mol. The molecule has 2 fully saturated rings. The van der Waals surface area contributed by atoms with E-state index in [2.05, 4.69) is 40.5 Å². The Morgan fingerprint density at radius 2 is 1.91 bits per heavy atom. The second-order valence-electron chi connectivity index (χ2n) is 7.04. The zero-order valence-electron chi connectivity index (χ0n) is 13.6. The predicted molar refractivity (Wildman–Crippen MR) is 91.0 cm³/mol. The third-order valence-electron chi connectivity index (χ3n) is 5.37. The van der Waals surface area contributed by atoms with Gasteiger partial charge in [-0.2, -0.15) is 0 Å². The molecule has 0 spiro atoms. The lowest BCUT2D eigenvalue weighted by molar-refractivity contribution is 0.0682. The first-order chi connectivity index (χ1) is 10.8. The van der Waals surface area contributed by atoms with E-state index in [-0.39, 0.29) is 6.10 Å². The van der Waals surface area contributed by atoms with Crippen molar-refractivity contribution in [2.45, 2.75) is 50.7 Å². The number of aliphatic hydroxyl groups excluding tert-OH is 1. The van der Waals surface area contributed by atoms with Gasteiger partial charge in [-0.05, 0) is 43.7 Å². The van der Waals surface area contributed by atoms with Gasteiger partial charge in [0.1, 0.15) is 0 Å². The summed E-state index contributed by atoms with van der Waals surface area (Å²) in [7, 11) is 0. The van der Waals surface area contributed by atoms with E-state index in [1.165, 1.54) is 37.8 Å². The molecule has 1 aromatic carbocycles. The Morgan fingerprint density at radius 1 is 1.09 bits per heavy atom. The quantitative estimate of drug-likeness (QED) is 0.847. The van der Waals surface area contributed by atoms with Crippen LogP contribution in [0.1, 0.15) is 37.7 Å². The summed E-state index contributed by atoms with van der Waals surface area (Å²) in [4.78, 5) is 2.57. The molecule has 0 radical (unpaired) electrons. The molecule has 1 aromatic rings. The lowest BCUT2D eigenvalue weighted by Gasteiger charge is -2.29. The molecule has 22 heavy (non-hydrogen) atoms.